The second kappa shape index (κ2) is 3.70. The van der Waals surface area contributed by atoms with Crippen LogP contribution in [0.1, 0.15) is 11.7 Å². The normalized spacial score (nSPS) is 12.6. The van der Waals surface area contributed by atoms with Gasteiger partial charge in [0.2, 0.25) is 0 Å². The first-order chi connectivity index (χ1) is 5.65. The molecule has 1 aromatic carbocycles. The summed E-state index contributed by atoms with van der Waals surface area (Å²) in [6.07, 6.45) is 0.248. The van der Waals surface area contributed by atoms with Gasteiger partial charge in [-0.1, -0.05) is 17.7 Å². The first kappa shape index (κ1) is 9.23. The minimum absolute atomic E-state index is 0.150. The first-order valence-electron chi connectivity index (χ1n) is 3.40. The minimum Gasteiger partial charge on any atom is -0.384 e. The van der Waals surface area contributed by atoms with Crippen molar-refractivity contribution in [3.8, 4) is 0 Å². The molecule has 1 N–H and O–H groups in total. The number of halogens is 2. The van der Waals surface area contributed by atoms with Crippen LogP contribution in [0.15, 0.2) is 30.9 Å². The lowest BCUT2D eigenvalue weighted by Crippen LogP contribution is -1.96. The van der Waals surface area contributed by atoms with Crippen LogP contribution in [0.4, 0.5) is 4.39 Å². The van der Waals surface area contributed by atoms with Gasteiger partial charge in [-0.15, -0.1) is 6.58 Å². The summed E-state index contributed by atoms with van der Waals surface area (Å²) >= 11 is 5.61. The summed E-state index contributed by atoms with van der Waals surface area (Å²) in [4.78, 5) is 0. The number of benzene rings is 1. The summed E-state index contributed by atoms with van der Waals surface area (Å²) in [5.41, 5.74) is 0.150. The average molecular weight is 187 g/mol. The van der Waals surface area contributed by atoms with Gasteiger partial charge in [0.1, 0.15) is 5.82 Å². The SMILES string of the molecule is C=CC(O)c1cc(Cl)ccc1F. The minimum atomic E-state index is -0.997. The van der Waals surface area contributed by atoms with Crippen molar-refractivity contribution in [2.75, 3.05) is 0 Å². The highest BCUT2D eigenvalue weighted by molar-refractivity contribution is 6.30. The highest BCUT2D eigenvalue weighted by atomic mass is 35.5. The monoisotopic (exact) mass is 186 g/mol. The standard InChI is InChI=1S/C9H8ClFO/c1-2-9(12)7-5-6(10)3-4-8(7)11/h2-5,9,12H,1H2. The third-order valence-electron chi connectivity index (χ3n) is 1.50. The zero-order valence-electron chi connectivity index (χ0n) is 6.30. The second-order valence-corrected chi connectivity index (χ2v) is 2.78. The third kappa shape index (κ3) is 1.84. The fourth-order valence-corrected chi connectivity index (χ4v) is 1.05. The lowest BCUT2D eigenvalue weighted by atomic mass is 10.1. The van der Waals surface area contributed by atoms with Crippen LogP contribution in [0.3, 0.4) is 0 Å². The Morgan fingerprint density at radius 3 is 2.83 bits per heavy atom. The predicted molar refractivity (Wildman–Crippen MR) is 46.6 cm³/mol. The molecule has 12 heavy (non-hydrogen) atoms. The van der Waals surface area contributed by atoms with Crippen molar-refractivity contribution >= 4 is 11.6 Å². The Hall–Kier alpha value is -0.860. The topological polar surface area (TPSA) is 20.2 Å². The molecule has 0 aliphatic heterocycles. The quantitative estimate of drug-likeness (QED) is 0.705. The molecular weight excluding hydrogens is 179 g/mol. The lowest BCUT2D eigenvalue weighted by Gasteiger charge is -2.06. The van der Waals surface area contributed by atoms with Gasteiger partial charge in [0, 0.05) is 10.6 Å². The highest BCUT2D eigenvalue weighted by Gasteiger charge is 2.08. The molecule has 0 aromatic heterocycles. The predicted octanol–water partition coefficient (Wildman–Crippen LogP) is 2.70. The number of aliphatic hydroxyl groups is 1. The summed E-state index contributed by atoms with van der Waals surface area (Å²) < 4.78 is 12.9. The largest absolute Gasteiger partial charge is 0.384 e. The molecule has 0 spiro atoms. The molecule has 0 fully saturated rings. The molecular formula is C9H8ClFO. The summed E-state index contributed by atoms with van der Waals surface area (Å²) in [6, 6.07) is 4.02. The van der Waals surface area contributed by atoms with E-state index < -0.39 is 11.9 Å². The van der Waals surface area contributed by atoms with Crippen molar-refractivity contribution in [3.63, 3.8) is 0 Å². The molecule has 0 aliphatic rings. The van der Waals surface area contributed by atoms with E-state index >= 15 is 0 Å². The maximum Gasteiger partial charge on any atom is 0.129 e. The van der Waals surface area contributed by atoms with Crippen molar-refractivity contribution in [1.29, 1.82) is 0 Å². The van der Waals surface area contributed by atoms with E-state index in [2.05, 4.69) is 6.58 Å². The van der Waals surface area contributed by atoms with Gasteiger partial charge in [0.15, 0.2) is 0 Å². The van der Waals surface area contributed by atoms with Crippen molar-refractivity contribution in [2.24, 2.45) is 0 Å². The van der Waals surface area contributed by atoms with Crippen molar-refractivity contribution in [3.05, 3.63) is 47.3 Å². The highest BCUT2D eigenvalue weighted by Crippen LogP contribution is 2.21. The molecule has 64 valence electrons. The fraction of sp³-hybridized carbons (Fsp3) is 0.111. The van der Waals surface area contributed by atoms with E-state index in [1.807, 2.05) is 0 Å². The van der Waals surface area contributed by atoms with Crippen LogP contribution in [0.5, 0.6) is 0 Å². The molecule has 1 unspecified atom stereocenters. The van der Waals surface area contributed by atoms with Gasteiger partial charge in [-0.3, -0.25) is 0 Å². The fourth-order valence-electron chi connectivity index (χ4n) is 0.868. The Morgan fingerprint density at radius 2 is 2.25 bits per heavy atom. The molecule has 3 heteroatoms. The van der Waals surface area contributed by atoms with Crippen LogP contribution >= 0.6 is 11.6 Å². The number of hydrogen-bond donors (Lipinski definition) is 1. The smallest absolute Gasteiger partial charge is 0.129 e. The molecule has 0 saturated heterocycles. The van der Waals surface area contributed by atoms with Crippen LogP contribution in [-0.4, -0.2) is 5.11 Å². The van der Waals surface area contributed by atoms with Gasteiger partial charge in [-0.2, -0.15) is 0 Å². The molecule has 0 saturated carbocycles. The number of hydrogen-bond acceptors (Lipinski definition) is 1. The lowest BCUT2D eigenvalue weighted by molar-refractivity contribution is 0.223. The average Bonchev–Trinajstić information content (AvgIpc) is 2.08. The molecule has 0 aliphatic carbocycles. The van der Waals surface area contributed by atoms with E-state index in [4.69, 9.17) is 11.6 Å². The van der Waals surface area contributed by atoms with Crippen LogP contribution in [0.2, 0.25) is 5.02 Å². The summed E-state index contributed by atoms with van der Waals surface area (Å²) in [5.74, 6) is -0.480. The first-order valence-corrected chi connectivity index (χ1v) is 3.78. The van der Waals surface area contributed by atoms with Crippen LogP contribution in [-0.2, 0) is 0 Å². The van der Waals surface area contributed by atoms with E-state index in [1.165, 1.54) is 24.3 Å². The second-order valence-electron chi connectivity index (χ2n) is 2.35. The van der Waals surface area contributed by atoms with Crippen LogP contribution in [0, 0.1) is 5.82 Å². The molecule has 0 heterocycles. The molecule has 0 amide bonds. The zero-order valence-corrected chi connectivity index (χ0v) is 7.05. The Kier molecular flexibility index (Phi) is 2.84. The van der Waals surface area contributed by atoms with Crippen molar-refractivity contribution in [1.82, 2.24) is 0 Å². The van der Waals surface area contributed by atoms with Crippen molar-refractivity contribution < 1.29 is 9.50 Å². The van der Waals surface area contributed by atoms with E-state index in [9.17, 15) is 9.50 Å². The molecule has 1 rings (SSSR count). The van der Waals surface area contributed by atoms with Crippen LogP contribution in [0.25, 0.3) is 0 Å². The van der Waals surface area contributed by atoms with E-state index in [0.717, 1.165) is 0 Å². The molecule has 1 aromatic rings. The van der Waals surface area contributed by atoms with E-state index in [0.29, 0.717) is 5.02 Å². The van der Waals surface area contributed by atoms with E-state index in [1.54, 1.807) is 0 Å². The number of rotatable bonds is 2. The molecule has 0 bridgehead atoms. The Morgan fingerprint density at radius 1 is 1.58 bits per heavy atom. The van der Waals surface area contributed by atoms with Gasteiger partial charge in [0.25, 0.3) is 0 Å². The molecule has 1 nitrogen and oxygen atoms in total. The Labute approximate surface area is 75.1 Å². The molecule has 1 atom stereocenters. The summed E-state index contributed by atoms with van der Waals surface area (Å²) in [6.45, 7) is 3.35. The third-order valence-corrected chi connectivity index (χ3v) is 1.74. The Balaban J connectivity index is 3.12. The summed E-state index contributed by atoms with van der Waals surface area (Å²) in [7, 11) is 0. The Bertz CT molecular complexity index is 299. The molecule has 0 radical (unpaired) electrons. The van der Waals surface area contributed by atoms with Gasteiger partial charge < -0.3 is 5.11 Å². The van der Waals surface area contributed by atoms with Gasteiger partial charge >= 0.3 is 0 Å². The van der Waals surface area contributed by atoms with Crippen molar-refractivity contribution in [2.45, 2.75) is 6.10 Å². The van der Waals surface area contributed by atoms with Crippen LogP contribution < -0.4 is 0 Å². The maximum atomic E-state index is 12.9. The van der Waals surface area contributed by atoms with E-state index in [-0.39, 0.29) is 5.56 Å². The summed E-state index contributed by atoms with van der Waals surface area (Å²) in [5, 5.41) is 9.61. The van der Waals surface area contributed by atoms with Gasteiger partial charge in [-0.05, 0) is 18.2 Å². The number of aliphatic hydroxyl groups excluding tert-OH is 1. The van der Waals surface area contributed by atoms with Gasteiger partial charge in [0.05, 0.1) is 6.10 Å². The zero-order chi connectivity index (χ0) is 9.14. The van der Waals surface area contributed by atoms with Gasteiger partial charge in [-0.25, -0.2) is 4.39 Å². The maximum absolute atomic E-state index is 12.9.